The van der Waals surface area contributed by atoms with Crippen molar-refractivity contribution in [2.45, 2.75) is 20.1 Å². The fourth-order valence-electron chi connectivity index (χ4n) is 1.99. The molecule has 1 atom stereocenters. The lowest BCUT2D eigenvalue weighted by Gasteiger charge is -2.23. The van der Waals surface area contributed by atoms with Crippen LogP contribution in [0.5, 0.6) is 0 Å². The molecule has 6 heteroatoms. The molecular weight excluding hydrogens is 236 g/mol. The van der Waals surface area contributed by atoms with Crippen molar-refractivity contribution in [2.75, 3.05) is 5.32 Å². The van der Waals surface area contributed by atoms with E-state index in [1.165, 1.54) is 6.07 Å². The van der Waals surface area contributed by atoms with Crippen LogP contribution in [0.15, 0.2) is 21.3 Å². The summed E-state index contributed by atoms with van der Waals surface area (Å²) in [5, 5.41) is 3.28. The molecule has 2 aromatic rings. The summed E-state index contributed by atoms with van der Waals surface area (Å²) < 4.78 is 9.92. The Hall–Kier alpha value is -2.37. The number of hydrogen-bond donors (Lipinski definition) is 1. The molecular formula is C12H10N2O4. The van der Waals surface area contributed by atoms with Crippen molar-refractivity contribution in [3.63, 3.8) is 0 Å². The van der Waals surface area contributed by atoms with E-state index in [2.05, 4.69) is 10.3 Å². The highest BCUT2D eigenvalue weighted by atomic mass is 16.6. The number of nitrogens with zero attached hydrogens (tertiary/aromatic N) is 1. The number of anilines is 1. The molecule has 2 heterocycles. The average Bonchev–Trinajstić information content (AvgIpc) is 2.26. The van der Waals surface area contributed by atoms with Gasteiger partial charge in [0.2, 0.25) is 0 Å². The zero-order chi connectivity index (χ0) is 12.9. The highest BCUT2D eigenvalue weighted by molar-refractivity contribution is 6.02. The molecule has 3 rings (SSSR count). The van der Waals surface area contributed by atoms with E-state index < -0.39 is 17.8 Å². The number of nitrogens with one attached hydrogen (secondary N) is 1. The Morgan fingerprint density at radius 1 is 1.33 bits per heavy atom. The number of benzene rings is 1. The van der Waals surface area contributed by atoms with Gasteiger partial charge < -0.3 is 14.5 Å². The Kier molecular flexibility index (Phi) is 2.13. The van der Waals surface area contributed by atoms with Crippen molar-refractivity contribution < 1.29 is 13.9 Å². The van der Waals surface area contributed by atoms with Gasteiger partial charge in [-0.3, -0.25) is 0 Å². The molecule has 18 heavy (non-hydrogen) atoms. The van der Waals surface area contributed by atoms with Gasteiger partial charge >= 0.3 is 11.6 Å². The number of fused-ring (bicyclic) bond motifs is 2. The van der Waals surface area contributed by atoms with E-state index in [0.717, 1.165) is 0 Å². The first kappa shape index (κ1) is 10.8. The van der Waals surface area contributed by atoms with Gasteiger partial charge in [-0.15, -0.1) is 0 Å². The Bertz CT molecular complexity index is 720. The molecule has 0 saturated heterocycles. The monoisotopic (exact) mass is 246 g/mol. The first-order valence-corrected chi connectivity index (χ1v) is 5.47. The molecule has 92 valence electrons. The number of carbonyl (C=O) groups is 1. The standard InChI is InChI=1S/C12H10N2O4/c1-5-13-9-4-10-8(3-7(9)11(15)17-5)12(16)18-6(2)14-10/h3-5,13H,1-2H3. The van der Waals surface area contributed by atoms with E-state index in [0.29, 0.717) is 22.7 Å². The Morgan fingerprint density at radius 3 is 2.89 bits per heavy atom. The number of carbonyl (C=O) groups excluding carboxylic acids is 1. The molecule has 1 aromatic heterocycles. The predicted octanol–water partition coefficient (Wildman–Crippen LogP) is 1.42. The van der Waals surface area contributed by atoms with Gasteiger partial charge in [-0.1, -0.05) is 0 Å². The third kappa shape index (κ3) is 1.54. The van der Waals surface area contributed by atoms with Gasteiger partial charge in [-0.25, -0.2) is 14.6 Å². The molecule has 0 aliphatic carbocycles. The smallest absolute Gasteiger partial charge is 0.346 e. The van der Waals surface area contributed by atoms with Crippen LogP contribution in [0.3, 0.4) is 0 Å². The first-order valence-electron chi connectivity index (χ1n) is 5.47. The van der Waals surface area contributed by atoms with E-state index in [9.17, 15) is 9.59 Å². The molecule has 0 bridgehead atoms. The lowest BCUT2D eigenvalue weighted by molar-refractivity contribution is 0.0370. The fourth-order valence-corrected chi connectivity index (χ4v) is 1.99. The van der Waals surface area contributed by atoms with E-state index >= 15 is 0 Å². The van der Waals surface area contributed by atoms with Crippen LogP contribution in [0.2, 0.25) is 0 Å². The van der Waals surface area contributed by atoms with Crippen LogP contribution in [-0.2, 0) is 4.74 Å². The zero-order valence-electron chi connectivity index (χ0n) is 9.81. The average molecular weight is 246 g/mol. The summed E-state index contributed by atoms with van der Waals surface area (Å²) in [7, 11) is 0. The van der Waals surface area contributed by atoms with Crippen LogP contribution in [0.1, 0.15) is 23.2 Å². The zero-order valence-corrected chi connectivity index (χ0v) is 9.81. The van der Waals surface area contributed by atoms with Gasteiger partial charge in [-0.05, 0) is 19.1 Å². The van der Waals surface area contributed by atoms with Gasteiger partial charge in [0, 0.05) is 6.92 Å². The van der Waals surface area contributed by atoms with Crippen LogP contribution in [0, 0.1) is 6.92 Å². The molecule has 1 aliphatic rings. The van der Waals surface area contributed by atoms with Gasteiger partial charge in [0.05, 0.1) is 22.2 Å². The number of hydrogen-bond acceptors (Lipinski definition) is 6. The Balaban J connectivity index is 2.34. The second kappa shape index (κ2) is 3.56. The van der Waals surface area contributed by atoms with Crippen LogP contribution in [0.4, 0.5) is 5.69 Å². The maximum atomic E-state index is 11.7. The van der Waals surface area contributed by atoms with E-state index in [4.69, 9.17) is 9.15 Å². The molecule has 1 aliphatic heterocycles. The maximum absolute atomic E-state index is 11.7. The molecule has 6 nitrogen and oxygen atoms in total. The van der Waals surface area contributed by atoms with Crippen molar-refractivity contribution in [2.24, 2.45) is 0 Å². The van der Waals surface area contributed by atoms with Crippen LogP contribution in [-0.4, -0.2) is 17.2 Å². The maximum Gasteiger partial charge on any atom is 0.346 e. The third-order valence-corrected chi connectivity index (χ3v) is 2.74. The second-order valence-electron chi connectivity index (χ2n) is 4.13. The second-order valence-corrected chi connectivity index (χ2v) is 4.13. The largest absolute Gasteiger partial charge is 0.438 e. The van der Waals surface area contributed by atoms with Crippen molar-refractivity contribution in [1.29, 1.82) is 0 Å². The van der Waals surface area contributed by atoms with E-state index in [-0.39, 0.29) is 5.39 Å². The van der Waals surface area contributed by atoms with Gasteiger partial charge in [-0.2, -0.15) is 0 Å². The minimum Gasteiger partial charge on any atom is -0.438 e. The summed E-state index contributed by atoms with van der Waals surface area (Å²) in [6.45, 7) is 3.33. The summed E-state index contributed by atoms with van der Waals surface area (Å²) in [5.74, 6) is -0.169. The summed E-state index contributed by atoms with van der Waals surface area (Å²) in [5.41, 5.74) is 0.922. The predicted molar refractivity (Wildman–Crippen MR) is 63.5 cm³/mol. The van der Waals surface area contributed by atoms with E-state index in [1.807, 2.05) is 0 Å². The molecule has 1 N–H and O–H groups in total. The summed E-state index contributed by atoms with van der Waals surface area (Å²) in [4.78, 5) is 27.5. The SMILES string of the molecule is Cc1nc2cc3c(cc2c(=O)o1)C(=O)OC(C)N3. The fraction of sp³-hybridized carbons (Fsp3) is 0.250. The topological polar surface area (TPSA) is 81.4 Å². The highest BCUT2D eigenvalue weighted by Gasteiger charge is 2.24. The summed E-state index contributed by atoms with van der Waals surface area (Å²) in [6, 6.07) is 3.11. The molecule has 0 radical (unpaired) electrons. The lowest BCUT2D eigenvalue weighted by Crippen LogP contribution is -2.29. The number of cyclic esters (lactones) is 1. The summed E-state index contributed by atoms with van der Waals surface area (Å²) >= 11 is 0. The first-order chi connectivity index (χ1) is 8.54. The summed E-state index contributed by atoms with van der Waals surface area (Å²) in [6.07, 6.45) is -0.399. The highest BCUT2D eigenvalue weighted by Crippen LogP contribution is 2.26. The molecule has 1 unspecified atom stereocenters. The van der Waals surface area contributed by atoms with Crippen LogP contribution < -0.4 is 10.9 Å². The van der Waals surface area contributed by atoms with Gasteiger partial charge in [0.25, 0.3) is 0 Å². The number of rotatable bonds is 0. The quantitative estimate of drug-likeness (QED) is 0.708. The van der Waals surface area contributed by atoms with Crippen molar-refractivity contribution in [1.82, 2.24) is 4.98 Å². The molecule has 0 spiro atoms. The normalized spacial score (nSPS) is 18.1. The Morgan fingerprint density at radius 2 is 2.11 bits per heavy atom. The third-order valence-electron chi connectivity index (χ3n) is 2.74. The number of aryl methyl sites for hydroxylation is 1. The lowest BCUT2D eigenvalue weighted by atomic mass is 10.1. The van der Waals surface area contributed by atoms with Crippen LogP contribution in [0.25, 0.3) is 10.9 Å². The van der Waals surface area contributed by atoms with Crippen molar-refractivity contribution in [3.8, 4) is 0 Å². The van der Waals surface area contributed by atoms with E-state index in [1.54, 1.807) is 19.9 Å². The Labute approximate surface area is 102 Å². The molecule has 0 amide bonds. The molecule has 1 aromatic carbocycles. The van der Waals surface area contributed by atoms with Gasteiger partial charge in [0.15, 0.2) is 12.1 Å². The minimum absolute atomic E-state index is 0.271. The number of aromatic nitrogens is 1. The number of esters is 1. The molecule has 0 saturated carbocycles. The molecule has 0 fully saturated rings. The van der Waals surface area contributed by atoms with Crippen molar-refractivity contribution >= 4 is 22.6 Å². The minimum atomic E-state index is -0.508. The van der Waals surface area contributed by atoms with Gasteiger partial charge in [0.1, 0.15) is 0 Å². The van der Waals surface area contributed by atoms with Crippen molar-refractivity contribution in [3.05, 3.63) is 34.0 Å². The number of ether oxygens (including phenoxy) is 1. The van der Waals surface area contributed by atoms with Crippen LogP contribution >= 0.6 is 0 Å².